The van der Waals surface area contributed by atoms with Gasteiger partial charge in [-0.2, -0.15) is 0 Å². The summed E-state index contributed by atoms with van der Waals surface area (Å²) < 4.78 is 33.4. The Morgan fingerprint density at radius 2 is 1.71 bits per heavy atom. The molecule has 0 aliphatic carbocycles. The fraction of sp³-hybridized carbons (Fsp3) is 0.294. The van der Waals surface area contributed by atoms with E-state index in [4.69, 9.17) is 4.74 Å². The molecule has 0 radical (unpaired) electrons. The molecule has 0 spiro atoms. The molecule has 0 fully saturated rings. The first-order chi connectivity index (χ1) is 9.99. The average molecular weight is 291 g/mol. The molecule has 21 heavy (non-hydrogen) atoms. The highest BCUT2D eigenvalue weighted by Crippen LogP contribution is 2.33. The van der Waals surface area contributed by atoms with E-state index >= 15 is 0 Å². The van der Waals surface area contributed by atoms with Gasteiger partial charge in [0, 0.05) is 11.1 Å². The molecule has 0 aliphatic rings. The van der Waals surface area contributed by atoms with E-state index in [2.05, 4.69) is 5.32 Å². The van der Waals surface area contributed by atoms with Crippen molar-refractivity contribution in [3.8, 4) is 5.75 Å². The Balaban J connectivity index is 2.60. The summed E-state index contributed by atoms with van der Waals surface area (Å²) in [5, 5.41) is 3.04. The second-order valence-corrected chi connectivity index (χ2v) is 5.07. The van der Waals surface area contributed by atoms with Crippen LogP contribution in [-0.4, -0.2) is 14.2 Å². The lowest BCUT2D eigenvalue weighted by Gasteiger charge is -2.21. The number of hydrogen-bond acceptors (Lipinski definition) is 2. The third kappa shape index (κ3) is 2.90. The summed E-state index contributed by atoms with van der Waals surface area (Å²) in [6, 6.07) is 8.38. The van der Waals surface area contributed by atoms with Gasteiger partial charge in [0.25, 0.3) is 0 Å². The third-order valence-corrected chi connectivity index (χ3v) is 3.60. The zero-order valence-electron chi connectivity index (χ0n) is 12.6. The van der Waals surface area contributed by atoms with E-state index in [9.17, 15) is 8.78 Å². The number of benzene rings is 2. The Labute approximate surface area is 123 Å². The van der Waals surface area contributed by atoms with E-state index in [1.165, 1.54) is 0 Å². The van der Waals surface area contributed by atoms with Crippen LogP contribution in [0, 0.1) is 25.5 Å². The minimum absolute atomic E-state index is 0.268. The molecule has 0 heterocycles. The minimum Gasteiger partial charge on any atom is -0.496 e. The maximum absolute atomic E-state index is 14.3. The van der Waals surface area contributed by atoms with Crippen LogP contribution in [-0.2, 0) is 0 Å². The van der Waals surface area contributed by atoms with Gasteiger partial charge in [-0.1, -0.05) is 29.8 Å². The largest absolute Gasteiger partial charge is 0.496 e. The molecule has 0 saturated heterocycles. The molecule has 2 aromatic carbocycles. The smallest absolute Gasteiger partial charge is 0.164 e. The fourth-order valence-corrected chi connectivity index (χ4v) is 2.44. The highest BCUT2D eigenvalue weighted by Gasteiger charge is 2.22. The third-order valence-electron chi connectivity index (χ3n) is 3.60. The lowest BCUT2D eigenvalue weighted by atomic mass is 9.95. The van der Waals surface area contributed by atoms with Crippen molar-refractivity contribution < 1.29 is 13.5 Å². The van der Waals surface area contributed by atoms with Crippen molar-refractivity contribution in [2.75, 3.05) is 14.2 Å². The van der Waals surface area contributed by atoms with Crippen LogP contribution in [0.15, 0.2) is 30.3 Å². The molecule has 2 nitrogen and oxygen atoms in total. The van der Waals surface area contributed by atoms with Crippen molar-refractivity contribution in [3.63, 3.8) is 0 Å². The first kappa shape index (κ1) is 15.4. The number of ether oxygens (including phenoxy) is 1. The monoisotopic (exact) mass is 291 g/mol. The number of aryl methyl sites for hydroxylation is 2. The van der Waals surface area contributed by atoms with Crippen LogP contribution in [0.4, 0.5) is 8.78 Å². The summed E-state index contributed by atoms with van der Waals surface area (Å²) in [5.41, 5.74) is 2.37. The fourth-order valence-electron chi connectivity index (χ4n) is 2.44. The number of hydrogen-bond donors (Lipinski definition) is 1. The summed E-state index contributed by atoms with van der Waals surface area (Å²) in [7, 11) is 3.27. The maximum Gasteiger partial charge on any atom is 0.164 e. The van der Waals surface area contributed by atoms with Crippen LogP contribution in [0.1, 0.15) is 28.3 Å². The van der Waals surface area contributed by atoms with Crippen molar-refractivity contribution >= 4 is 0 Å². The second kappa shape index (κ2) is 6.22. The zero-order chi connectivity index (χ0) is 15.6. The normalized spacial score (nSPS) is 12.3. The van der Waals surface area contributed by atoms with Gasteiger partial charge in [-0.25, -0.2) is 8.78 Å². The Hall–Kier alpha value is -1.94. The van der Waals surface area contributed by atoms with E-state index in [0.29, 0.717) is 11.3 Å². The summed E-state index contributed by atoms with van der Waals surface area (Å²) in [4.78, 5) is 0. The Kier molecular flexibility index (Phi) is 4.58. The summed E-state index contributed by atoms with van der Waals surface area (Å²) in [6.07, 6.45) is 0. The van der Waals surface area contributed by atoms with E-state index in [1.807, 2.05) is 25.1 Å². The second-order valence-electron chi connectivity index (χ2n) is 5.07. The van der Waals surface area contributed by atoms with Crippen LogP contribution >= 0.6 is 0 Å². The van der Waals surface area contributed by atoms with Gasteiger partial charge in [-0.05, 0) is 32.5 Å². The number of methoxy groups -OCH3 is 1. The topological polar surface area (TPSA) is 21.3 Å². The molecule has 1 N–H and O–H groups in total. The highest BCUT2D eigenvalue weighted by molar-refractivity contribution is 5.44. The quantitative estimate of drug-likeness (QED) is 0.922. The van der Waals surface area contributed by atoms with Gasteiger partial charge >= 0.3 is 0 Å². The SMILES string of the molecule is CNC(c1cc(C)ccc1OC)c1ccc(C)c(F)c1F. The molecular weight excluding hydrogens is 272 g/mol. The molecule has 4 heteroatoms. The number of halogens is 2. The van der Waals surface area contributed by atoms with Gasteiger partial charge in [0.1, 0.15) is 5.75 Å². The van der Waals surface area contributed by atoms with Crippen molar-refractivity contribution in [3.05, 3.63) is 64.2 Å². The molecule has 0 bridgehead atoms. The van der Waals surface area contributed by atoms with Crippen molar-refractivity contribution in [2.45, 2.75) is 19.9 Å². The van der Waals surface area contributed by atoms with Crippen LogP contribution in [0.5, 0.6) is 5.75 Å². The predicted molar refractivity (Wildman–Crippen MR) is 79.7 cm³/mol. The molecule has 1 unspecified atom stereocenters. The molecule has 1 atom stereocenters. The lowest BCUT2D eigenvalue weighted by Crippen LogP contribution is -2.20. The van der Waals surface area contributed by atoms with E-state index < -0.39 is 17.7 Å². The van der Waals surface area contributed by atoms with Crippen LogP contribution in [0.2, 0.25) is 0 Å². The van der Waals surface area contributed by atoms with E-state index in [-0.39, 0.29) is 5.56 Å². The van der Waals surface area contributed by atoms with Gasteiger partial charge in [0.15, 0.2) is 11.6 Å². The van der Waals surface area contributed by atoms with E-state index in [1.54, 1.807) is 33.2 Å². The summed E-state index contributed by atoms with van der Waals surface area (Å²) in [5.74, 6) is -0.988. The van der Waals surface area contributed by atoms with Crippen molar-refractivity contribution in [1.29, 1.82) is 0 Å². The van der Waals surface area contributed by atoms with E-state index in [0.717, 1.165) is 11.1 Å². The van der Waals surface area contributed by atoms with Crippen LogP contribution < -0.4 is 10.1 Å². The molecule has 0 amide bonds. The van der Waals surface area contributed by atoms with Crippen LogP contribution in [0.3, 0.4) is 0 Å². The Bertz CT molecular complexity index is 655. The predicted octanol–water partition coefficient (Wildman–Crippen LogP) is 3.90. The summed E-state index contributed by atoms with van der Waals surface area (Å²) >= 11 is 0. The van der Waals surface area contributed by atoms with Gasteiger partial charge in [0.05, 0.1) is 13.2 Å². The molecule has 2 rings (SSSR count). The van der Waals surface area contributed by atoms with Gasteiger partial charge < -0.3 is 10.1 Å². The molecule has 0 aliphatic heterocycles. The van der Waals surface area contributed by atoms with Crippen molar-refractivity contribution in [1.82, 2.24) is 5.32 Å². The number of rotatable bonds is 4. The van der Waals surface area contributed by atoms with Gasteiger partial charge in [-0.15, -0.1) is 0 Å². The number of nitrogens with one attached hydrogen (secondary N) is 1. The van der Waals surface area contributed by atoms with Gasteiger partial charge in [-0.3, -0.25) is 0 Å². The van der Waals surface area contributed by atoms with Crippen molar-refractivity contribution in [2.24, 2.45) is 0 Å². The highest BCUT2D eigenvalue weighted by atomic mass is 19.2. The summed E-state index contributed by atoms with van der Waals surface area (Å²) in [6.45, 7) is 3.49. The first-order valence-corrected chi connectivity index (χ1v) is 6.76. The zero-order valence-corrected chi connectivity index (χ0v) is 12.6. The molecule has 0 aromatic heterocycles. The van der Waals surface area contributed by atoms with Gasteiger partial charge in [0.2, 0.25) is 0 Å². The molecular formula is C17H19F2NO. The molecule has 112 valence electrons. The minimum atomic E-state index is -0.821. The lowest BCUT2D eigenvalue weighted by molar-refractivity contribution is 0.403. The Morgan fingerprint density at radius 1 is 1.00 bits per heavy atom. The molecule has 2 aromatic rings. The van der Waals surface area contributed by atoms with Crippen LogP contribution in [0.25, 0.3) is 0 Å². The first-order valence-electron chi connectivity index (χ1n) is 6.76. The average Bonchev–Trinajstić information content (AvgIpc) is 2.48. The standard InChI is InChI=1S/C17H19F2NO/c1-10-5-8-14(21-4)13(9-10)17(20-3)12-7-6-11(2)15(18)16(12)19/h5-9,17,20H,1-4H3. The maximum atomic E-state index is 14.3. The molecule has 0 saturated carbocycles. The Morgan fingerprint density at radius 3 is 2.33 bits per heavy atom.